The number of anilines is 6. The first-order chi connectivity index (χ1) is 36.7. The minimum Gasteiger partial charge on any atom is -0.310 e. The molecule has 0 heterocycles. The third-order valence-electron chi connectivity index (χ3n) is 17.6. The number of rotatable bonds is 8. The van der Waals surface area contributed by atoms with Crippen molar-refractivity contribution >= 4 is 98.8 Å². The van der Waals surface area contributed by atoms with Gasteiger partial charge in [-0.2, -0.15) is 0 Å². The van der Waals surface area contributed by atoms with Crippen LogP contribution >= 0.6 is 0 Å². The number of benzene rings is 11. The minimum atomic E-state index is 1.16. The molecule has 0 aliphatic heterocycles. The topological polar surface area (TPSA) is 6.48 Å². The highest BCUT2D eigenvalue weighted by Gasteiger charge is 2.30. The third kappa shape index (κ3) is 7.14. The molecule has 370 valence electrons. The zero-order valence-electron chi connectivity index (χ0n) is 46.1. The SMILES string of the molecule is Cc1ccc(-c2c3c4cccc5c(N(c6ccc(C)c(C)c6)c6cc(C)c(C)c(C)c6)ccc(c3c(-c3ccc(C)cc3)c3c6cccc7c(N(c8ccc(C)c(C)c8)c8cc(C)c(C)c(C)c8)ccc(c23)c76)c54)cc1. The average Bonchev–Trinajstić information content (AvgIpc) is 3.93. The molecule has 0 atom stereocenters. The molecule has 0 fully saturated rings. The molecule has 13 aromatic carbocycles. The predicted octanol–water partition coefficient (Wildman–Crippen LogP) is 21.5. The molecule has 2 heteroatoms. The smallest absolute Gasteiger partial charge is 0.0540 e. The summed E-state index contributed by atoms with van der Waals surface area (Å²) >= 11 is 0. The van der Waals surface area contributed by atoms with Crippen LogP contribution in [0.2, 0.25) is 0 Å². The summed E-state index contributed by atoms with van der Waals surface area (Å²) in [5.74, 6) is 0. The first kappa shape index (κ1) is 47.3. The Morgan fingerprint density at radius 2 is 0.553 bits per heavy atom. The molecular formula is C74H64N2. The van der Waals surface area contributed by atoms with Crippen LogP contribution in [-0.4, -0.2) is 0 Å². The molecule has 0 aliphatic rings. The first-order valence-electron chi connectivity index (χ1n) is 27.1. The van der Waals surface area contributed by atoms with Gasteiger partial charge in [0, 0.05) is 33.5 Å². The molecule has 0 saturated heterocycles. The minimum absolute atomic E-state index is 1.16. The summed E-state index contributed by atoms with van der Waals surface area (Å²) in [7, 11) is 0. The lowest BCUT2D eigenvalue weighted by molar-refractivity contribution is 1.21. The second-order valence-electron chi connectivity index (χ2n) is 22.3. The molecule has 0 aromatic heterocycles. The van der Waals surface area contributed by atoms with E-state index in [1.807, 2.05) is 0 Å². The molecule has 76 heavy (non-hydrogen) atoms. The Morgan fingerprint density at radius 3 is 0.895 bits per heavy atom. The van der Waals surface area contributed by atoms with Crippen molar-refractivity contribution in [1.29, 1.82) is 0 Å². The Kier molecular flexibility index (Phi) is 10.9. The van der Waals surface area contributed by atoms with E-state index in [1.165, 1.54) is 176 Å². The maximum absolute atomic E-state index is 2.51. The molecule has 0 radical (unpaired) electrons. The van der Waals surface area contributed by atoms with E-state index in [2.05, 4.69) is 263 Å². The molecule has 0 amide bonds. The fourth-order valence-corrected chi connectivity index (χ4v) is 12.7. The van der Waals surface area contributed by atoms with Gasteiger partial charge in [0.05, 0.1) is 11.4 Å². The fraction of sp³-hybridized carbons (Fsp3) is 0.162. The number of hydrogen-bond acceptors (Lipinski definition) is 2. The second-order valence-corrected chi connectivity index (χ2v) is 22.3. The highest BCUT2D eigenvalue weighted by atomic mass is 15.1. The average molecular weight is 981 g/mol. The Balaban J connectivity index is 1.20. The second kappa shape index (κ2) is 17.6. The molecule has 13 rings (SSSR count). The Labute approximate surface area is 448 Å². The van der Waals surface area contributed by atoms with Crippen molar-refractivity contribution in [3.63, 3.8) is 0 Å². The number of aryl methyl sites for hydroxylation is 10. The summed E-state index contributed by atoms with van der Waals surface area (Å²) in [6.07, 6.45) is 0. The van der Waals surface area contributed by atoms with Gasteiger partial charge in [0.2, 0.25) is 0 Å². The largest absolute Gasteiger partial charge is 0.310 e. The van der Waals surface area contributed by atoms with Gasteiger partial charge in [-0.3, -0.25) is 0 Å². The summed E-state index contributed by atoms with van der Waals surface area (Å²) in [6, 6.07) is 65.9. The summed E-state index contributed by atoms with van der Waals surface area (Å²) in [5, 5.41) is 15.4. The van der Waals surface area contributed by atoms with E-state index in [1.54, 1.807) is 0 Å². The first-order valence-corrected chi connectivity index (χ1v) is 27.1. The Hall–Kier alpha value is -8.46. The van der Waals surface area contributed by atoms with Crippen LogP contribution < -0.4 is 9.80 Å². The molecule has 0 unspecified atom stereocenters. The standard InChI is InChI=1S/C74H64N2/c1-41-19-25-53(26-20-41)67-71-61-17-13-15-59-66(76(56-30-24-44(4)46(6)36-56)58-39-49(9)52(12)50(10)40-58)34-32-64(69(59)61)74(71)68(54-27-21-42(2)22-28-54)72-62-18-14-16-60-65(33-31-63(70(60)62)73(67)72)75(55-29-23-43(3)45(5)35-55)57-37-47(7)51(11)48(8)38-57/h13-40H,1-12H3. The molecule has 13 aromatic rings. The van der Waals surface area contributed by atoms with Crippen LogP contribution in [0.1, 0.15) is 66.8 Å². The molecule has 0 saturated carbocycles. The summed E-state index contributed by atoms with van der Waals surface area (Å²) in [6.45, 7) is 26.8. The van der Waals surface area contributed by atoms with Crippen molar-refractivity contribution in [2.24, 2.45) is 0 Å². The van der Waals surface area contributed by atoms with Gasteiger partial charge in [0.25, 0.3) is 0 Å². The van der Waals surface area contributed by atoms with Gasteiger partial charge >= 0.3 is 0 Å². The maximum Gasteiger partial charge on any atom is 0.0540 e. The fourth-order valence-electron chi connectivity index (χ4n) is 12.7. The third-order valence-corrected chi connectivity index (χ3v) is 17.6. The highest BCUT2D eigenvalue weighted by Crippen LogP contribution is 2.58. The monoisotopic (exact) mass is 981 g/mol. The Morgan fingerprint density at radius 1 is 0.237 bits per heavy atom. The van der Waals surface area contributed by atoms with Crippen molar-refractivity contribution in [1.82, 2.24) is 0 Å². The lowest BCUT2D eigenvalue weighted by Gasteiger charge is -2.29. The van der Waals surface area contributed by atoms with Gasteiger partial charge in [-0.05, 0) is 275 Å². The van der Waals surface area contributed by atoms with Crippen LogP contribution in [0.25, 0.3) is 86.9 Å². The van der Waals surface area contributed by atoms with E-state index >= 15 is 0 Å². The molecule has 0 N–H and O–H groups in total. The number of hydrogen-bond donors (Lipinski definition) is 0. The van der Waals surface area contributed by atoms with Crippen LogP contribution in [0.3, 0.4) is 0 Å². The quantitative estimate of drug-likeness (QED) is 0.150. The van der Waals surface area contributed by atoms with Crippen molar-refractivity contribution in [2.75, 3.05) is 9.80 Å². The van der Waals surface area contributed by atoms with E-state index in [0.29, 0.717) is 0 Å². The van der Waals surface area contributed by atoms with E-state index in [0.717, 1.165) is 11.4 Å². The van der Waals surface area contributed by atoms with E-state index < -0.39 is 0 Å². The van der Waals surface area contributed by atoms with Crippen molar-refractivity contribution in [2.45, 2.75) is 83.1 Å². The zero-order chi connectivity index (χ0) is 52.6. The van der Waals surface area contributed by atoms with Crippen LogP contribution in [0.5, 0.6) is 0 Å². The van der Waals surface area contributed by atoms with Crippen molar-refractivity contribution in [3.05, 3.63) is 237 Å². The summed E-state index contributed by atoms with van der Waals surface area (Å²) < 4.78 is 0. The summed E-state index contributed by atoms with van der Waals surface area (Å²) in [4.78, 5) is 5.02. The summed E-state index contributed by atoms with van der Waals surface area (Å²) in [5.41, 5.74) is 27.6. The lowest BCUT2D eigenvalue weighted by atomic mass is 9.87. The van der Waals surface area contributed by atoms with Gasteiger partial charge < -0.3 is 9.80 Å². The van der Waals surface area contributed by atoms with Crippen LogP contribution in [0, 0.1) is 83.1 Å². The van der Waals surface area contributed by atoms with E-state index in [-0.39, 0.29) is 0 Å². The number of nitrogens with zero attached hydrogens (tertiary/aromatic N) is 2. The predicted molar refractivity (Wildman–Crippen MR) is 331 cm³/mol. The van der Waals surface area contributed by atoms with E-state index in [4.69, 9.17) is 0 Å². The van der Waals surface area contributed by atoms with Crippen LogP contribution in [0.4, 0.5) is 34.1 Å². The van der Waals surface area contributed by atoms with Gasteiger partial charge in [0.15, 0.2) is 0 Å². The van der Waals surface area contributed by atoms with Gasteiger partial charge in [0.1, 0.15) is 0 Å². The maximum atomic E-state index is 2.51. The number of fused-ring (bicyclic) bond motifs is 6. The van der Waals surface area contributed by atoms with Gasteiger partial charge in [-0.15, -0.1) is 0 Å². The van der Waals surface area contributed by atoms with Gasteiger partial charge in [-0.25, -0.2) is 0 Å². The van der Waals surface area contributed by atoms with Crippen molar-refractivity contribution in [3.8, 4) is 22.3 Å². The molecule has 0 aliphatic carbocycles. The Bertz CT molecular complexity index is 4120. The van der Waals surface area contributed by atoms with Crippen molar-refractivity contribution < 1.29 is 0 Å². The normalized spacial score (nSPS) is 11.9. The van der Waals surface area contributed by atoms with E-state index in [9.17, 15) is 0 Å². The molecule has 2 nitrogen and oxygen atoms in total. The highest BCUT2D eigenvalue weighted by molar-refractivity contribution is 6.47. The van der Waals surface area contributed by atoms with Crippen LogP contribution in [0.15, 0.2) is 170 Å². The zero-order valence-corrected chi connectivity index (χ0v) is 46.1. The van der Waals surface area contributed by atoms with Gasteiger partial charge in [-0.1, -0.05) is 120 Å². The molecule has 0 bridgehead atoms. The molecule has 0 spiro atoms. The molecular weight excluding hydrogens is 917 g/mol. The lowest BCUT2D eigenvalue weighted by Crippen LogP contribution is -2.12. The van der Waals surface area contributed by atoms with Crippen LogP contribution in [-0.2, 0) is 0 Å².